The highest BCUT2D eigenvalue weighted by Gasteiger charge is 1.93. The molecule has 0 atom stereocenters. The van der Waals surface area contributed by atoms with Gasteiger partial charge in [0.15, 0.2) is 0 Å². The minimum Gasteiger partial charge on any atom is -0.315 e. The first-order chi connectivity index (χ1) is 10.1. The van der Waals surface area contributed by atoms with E-state index in [2.05, 4.69) is 13.8 Å². The largest absolute Gasteiger partial charge is 0.315 e. The van der Waals surface area contributed by atoms with Crippen molar-refractivity contribution in [2.24, 2.45) is 0 Å². The fraction of sp³-hybridized carbons (Fsp3) is 1.00. The average Bonchev–Trinajstić information content (AvgIpc) is 2.43. The Labute approximate surface area is 135 Å². The summed E-state index contributed by atoms with van der Waals surface area (Å²) in [6.07, 6.45) is 21.9. The van der Waals surface area contributed by atoms with Crippen molar-refractivity contribution in [1.29, 1.82) is 0 Å². The van der Waals surface area contributed by atoms with E-state index in [0.717, 1.165) is 5.06 Å². The molecule has 2 heteroatoms. The fourth-order valence-corrected chi connectivity index (χ4v) is 2.44. The maximum absolute atomic E-state index is 7.89. The molecule has 0 rings (SSSR count). The van der Waals surface area contributed by atoms with Crippen LogP contribution in [0.2, 0.25) is 0 Å². The predicted molar refractivity (Wildman–Crippen MR) is 96.1 cm³/mol. The molecule has 21 heavy (non-hydrogen) atoms. The van der Waals surface area contributed by atoms with Crippen LogP contribution in [-0.4, -0.2) is 24.4 Å². The van der Waals surface area contributed by atoms with Gasteiger partial charge in [0.2, 0.25) is 0 Å². The summed E-state index contributed by atoms with van der Waals surface area (Å²) in [5, 5.41) is 8.89. The molecule has 0 amide bonds. The minimum atomic E-state index is 1.00. The van der Waals surface area contributed by atoms with Crippen LogP contribution in [0.3, 0.4) is 0 Å². The van der Waals surface area contributed by atoms with E-state index in [1.54, 1.807) is 14.1 Å². The Morgan fingerprint density at radius 2 is 0.619 bits per heavy atom. The molecule has 0 spiro atoms. The van der Waals surface area contributed by atoms with Crippen LogP contribution in [0.5, 0.6) is 0 Å². The van der Waals surface area contributed by atoms with Gasteiger partial charge in [-0.1, -0.05) is 110 Å². The maximum Gasteiger partial charge on any atom is 0.0121 e. The van der Waals surface area contributed by atoms with Gasteiger partial charge in [0, 0.05) is 14.1 Å². The zero-order chi connectivity index (χ0) is 16.2. The normalized spacial score (nSPS) is 10.6. The molecular weight excluding hydrogens is 258 g/mol. The molecule has 0 aliphatic carbocycles. The molecule has 0 bridgehead atoms. The number of unbranched alkanes of at least 4 members (excludes halogenated alkanes) is 14. The second kappa shape index (κ2) is 22.2. The lowest BCUT2D eigenvalue weighted by molar-refractivity contribution is -0.0372. The van der Waals surface area contributed by atoms with E-state index in [0.29, 0.717) is 0 Å². The highest BCUT2D eigenvalue weighted by atomic mass is 16.5. The third kappa shape index (κ3) is 33.0. The van der Waals surface area contributed by atoms with E-state index in [-0.39, 0.29) is 0 Å². The first kappa shape index (κ1) is 23.2. The van der Waals surface area contributed by atoms with Gasteiger partial charge in [0.25, 0.3) is 0 Å². The number of nitrogens with zero attached hydrogens (tertiary/aromatic N) is 1. The van der Waals surface area contributed by atoms with E-state index < -0.39 is 0 Å². The first-order valence-corrected chi connectivity index (χ1v) is 9.51. The molecule has 0 aliphatic rings. The zero-order valence-electron chi connectivity index (χ0n) is 15.5. The van der Waals surface area contributed by atoms with Crippen LogP contribution >= 0.6 is 0 Å². The Bertz CT molecular complexity index is 143. The van der Waals surface area contributed by atoms with Crippen LogP contribution in [0.4, 0.5) is 0 Å². The van der Waals surface area contributed by atoms with Crippen molar-refractivity contribution in [3.05, 3.63) is 0 Å². The van der Waals surface area contributed by atoms with Crippen molar-refractivity contribution in [1.82, 2.24) is 5.06 Å². The lowest BCUT2D eigenvalue weighted by Crippen LogP contribution is -2.01. The summed E-state index contributed by atoms with van der Waals surface area (Å²) in [5.41, 5.74) is 0. The first-order valence-electron chi connectivity index (χ1n) is 9.51. The summed E-state index contributed by atoms with van der Waals surface area (Å²) in [6, 6.07) is 0. The molecule has 0 radical (unpaired) electrons. The van der Waals surface area contributed by atoms with Crippen molar-refractivity contribution in [2.45, 2.75) is 110 Å². The van der Waals surface area contributed by atoms with Gasteiger partial charge in [0.05, 0.1) is 0 Å². The molecule has 130 valence electrons. The second-order valence-electron chi connectivity index (χ2n) is 6.44. The molecule has 0 saturated carbocycles. The summed E-state index contributed by atoms with van der Waals surface area (Å²) < 4.78 is 0. The van der Waals surface area contributed by atoms with Crippen molar-refractivity contribution in [3.8, 4) is 0 Å². The number of hydroxylamine groups is 2. The molecule has 0 aliphatic heterocycles. The Kier molecular flexibility index (Phi) is 24.5. The molecule has 2 nitrogen and oxygen atoms in total. The Balaban J connectivity index is 0. The van der Waals surface area contributed by atoms with Gasteiger partial charge in [0.1, 0.15) is 0 Å². The molecule has 0 fully saturated rings. The molecule has 0 heterocycles. The summed E-state index contributed by atoms with van der Waals surface area (Å²) in [4.78, 5) is 0. The van der Waals surface area contributed by atoms with Crippen molar-refractivity contribution < 1.29 is 5.21 Å². The van der Waals surface area contributed by atoms with Gasteiger partial charge in [-0.25, -0.2) is 0 Å². The van der Waals surface area contributed by atoms with Crippen molar-refractivity contribution in [2.75, 3.05) is 14.1 Å². The van der Waals surface area contributed by atoms with Crippen LogP contribution in [-0.2, 0) is 0 Å². The van der Waals surface area contributed by atoms with Crippen LogP contribution in [0.15, 0.2) is 0 Å². The Morgan fingerprint density at radius 1 is 0.476 bits per heavy atom. The maximum atomic E-state index is 7.89. The van der Waals surface area contributed by atoms with Crippen LogP contribution in [0.25, 0.3) is 0 Å². The zero-order valence-corrected chi connectivity index (χ0v) is 15.5. The van der Waals surface area contributed by atoms with Crippen molar-refractivity contribution >= 4 is 0 Å². The predicted octanol–water partition coefficient (Wildman–Crippen LogP) is 6.81. The smallest absolute Gasteiger partial charge is 0.0121 e. The van der Waals surface area contributed by atoms with E-state index >= 15 is 0 Å². The molecule has 0 aromatic rings. The molecule has 0 aromatic heterocycles. The fourth-order valence-electron chi connectivity index (χ4n) is 2.44. The Hall–Kier alpha value is -0.0800. The highest BCUT2D eigenvalue weighted by Crippen LogP contribution is 2.13. The standard InChI is InChI=1S/C17H36.C2H7NO/c1-3-5-7-9-11-13-15-17-16-14-12-10-8-6-4-2;1-3(2)4/h3-17H2,1-2H3;4H,1-2H3. The number of hydrogen-bond acceptors (Lipinski definition) is 2. The minimum absolute atomic E-state index is 1.00. The molecule has 0 saturated heterocycles. The van der Waals surface area contributed by atoms with Gasteiger partial charge in [-0.05, 0) is 0 Å². The monoisotopic (exact) mass is 301 g/mol. The van der Waals surface area contributed by atoms with Gasteiger partial charge in [-0.3, -0.25) is 0 Å². The Morgan fingerprint density at radius 3 is 0.762 bits per heavy atom. The molecule has 0 aromatic carbocycles. The molecule has 0 unspecified atom stereocenters. The summed E-state index contributed by atoms with van der Waals surface area (Å²) >= 11 is 0. The van der Waals surface area contributed by atoms with Crippen LogP contribution in [0.1, 0.15) is 110 Å². The third-order valence-corrected chi connectivity index (χ3v) is 3.71. The lowest BCUT2D eigenvalue weighted by atomic mass is 10.0. The highest BCUT2D eigenvalue weighted by molar-refractivity contribution is 4.48. The summed E-state index contributed by atoms with van der Waals surface area (Å²) in [6.45, 7) is 4.58. The van der Waals surface area contributed by atoms with E-state index in [1.165, 1.54) is 96.3 Å². The van der Waals surface area contributed by atoms with Gasteiger partial charge >= 0.3 is 0 Å². The molecular formula is C19H43NO. The van der Waals surface area contributed by atoms with E-state index in [4.69, 9.17) is 5.21 Å². The third-order valence-electron chi connectivity index (χ3n) is 3.71. The van der Waals surface area contributed by atoms with Crippen LogP contribution in [0, 0.1) is 0 Å². The molecule has 1 N–H and O–H groups in total. The number of hydrogen-bond donors (Lipinski definition) is 1. The van der Waals surface area contributed by atoms with Gasteiger partial charge < -0.3 is 5.21 Å². The average molecular weight is 302 g/mol. The lowest BCUT2D eigenvalue weighted by Gasteiger charge is -2.02. The van der Waals surface area contributed by atoms with E-state index in [9.17, 15) is 0 Å². The SMILES string of the molecule is CCCCCCCCCCCCCCCCC.CN(C)O. The number of rotatable bonds is 14. The summed E-state index contributed by atoms with van der Waals surface area (Å²) in [5.74, 6) is 0. The van der Waals surface area contributed by atoms with Gasteiger partial charge in [-0.15, -0.1) is 0 Å². The van der Waals surface area contributed by atoms with E-state index in [1.807, 2.05) is 0 Å². The van der Waals surface area contributed by atoms with Gasteiger partial charge in [-0.2, -0.15) is 5.06 Å². The van der Waals surface area contributed by atoms with Crippen molar-refractivity contribution in [3.63, 3.8) is 0 Å². The van der Waals surface area contributed by atoms with Crippen LogP contribution < -0.4 is 0 Å². The topological polar surface area (TPSA) is 23.5 Å². The second-order valence-corrected chi connectivity index (χ2v) is 6.44. The quantitative estimate of drug-likeness (QED) is 0.281. The summed E-state index contributed by atoms with van der Waals surface area (Å²) in [7, 11) is 3.11.